The third-order valence-electron chi connectivity index (χ3n) is 6.85. The number of anilines is 1. The van der Waals surface area contributed by atoms with Crippen LogP contribution < -0.4 is 10.6 Å². The molecular weight excluding hydrogens is 537 g/mol. The average molecular weight is 569 g/mol. The Morgan fingerprint density at radius 2 is 1.59 bits per heavy atom. The summed E-state index contributed by atoms with van der Waals surface area (Å²) in [6.45, 7) is 0.528. The van der Waals surface area contributed by atoms with E-state index in [9.17, 15) is 14.7 Å². The summed E-state index contributed by atoms with van der Waals surface area (Å²) in [5.41, 5.74) is 4.65. The van der Waals surface area contributed by atoms with Gasteiger partial charge in [0.05, 0.1) is 10.0 Å². The van der Waals surface area contributed by atoms with Crippen molar-refractivity contribution < 1.29 is 14.7 Å². The Morgan fingerprint density at radius 3 is 2.15 bits per heavy atom. The zero-order valence-electron chi connectivity index (χ0n) is 21.7. The number of halogens is 2. The van der Waals surface area contributed by atoms with Gasteiger partial charge in [-0.3, -0.25) is 15.1 Å². The van der Waals surface area contributed by atoms with Crippen molar-refractivity contribution in [3.8, 4) is 11.1 Å². The smallest absolute Gasteiger partial charge is 0.408 e. The third-order valence-corrected chi connectivity index (χ3v) is 7.59. The maximum atomic E-state index is 13.6. The van der Waals surface area contributed by atoms with Crippen molar-refractivity contribution in [1.82, 2.24) is 15.1 Å². The third kappa shape index (κ3) is 6.46. The van der Waals surface area contributed by atoms with Crippen LogP contribution in [0.15, 0.2) is 66.7 Å². The standard InChI is InChI=1S/C29H31Cl2N5O3/c1-35(2)28(32)33-15-7-12-26(27(37)34-18-13-14-24(30)25(31)16-18)36(29(38)39)17-23-21-10-5-3-8-19(21)20-9-4-6-11-22(20)23/h3-6,8-11,13-14,16,23,26H,7,12,15,17H2,1-2H3,(H2,32,33)(H,34,37)(H,38,39)/t26-/m0/s1. The van der Waals surface area contributed by atoms with Crippen LogP contribution in [0.3, 0.4) is 0 Å². The molecule has 10 heteroatoms. The molecule has 39 heavy (non-hydrogen) atoms. The van der Waals surface area contributed by atoms with Gasteiger partial charge in [0.25, 0.3) is 0 Å². The lowest BCUT2D eigenvalue weighted by Crippen LogP contribution is -2.49. The summed E-state index contributed by atoms with van der Waals surface area (Å²) in [5.74, 6) is -0.437. The molecule has 0 saturated carbocycles. The average Bonchev–Trinajstić information content (AvgIpc) is 3.23. The van der Waals surface area contributed by atoms with Crippen molar-refractivity contribution in [2.24, 2.45) is 0 Å². The quantitative estimate of drug-likeness (QED) is 0.145. The van der Waals surface area contributed by atoms with E-state index < -0.39 is 18.0 Å². The first-order valence-electron chi connectivity index (χ1n) is 12.6. The molecule has 3 aromatic carbocycles. The number of guanidine groups is 1. The van der Waals surface area contributed by atoms with Crippen LogP contribution in [0.4, 0.5) is 10.5 Å². The summed E-state index contributed by atoms with van der Waals surface area (Å²) in [4.78, 5) is 29.1. The van der Waals surface area contributed by atoms with Crippen molar-refractivity contribution in [3.05, 3.63) is 87.9 Å². The van der Waals surface area contributed by atoms with E-state index in [1.807, 2.05) is 48.5 Å². The number of rotatable bonds is 9. The number of amides is 2. The molecule has 204 valence electrons. The van der Waals surface area contributed by atoms with E-state index in [2.05, 4.69) is 10.6 Å². The maximum absolute atomic E-state index is 13.6. The summed E-state index contributed by atoms with van der Waals surface area (Å²) in [5, 5.41) is 24.8. The lowest BCUT2D eigenvalue weighted by atomic mass is 9.95. The Kier molecular flexibility index (Phi) is 8.99. The topological polar surface area (TPSA) is 109 Å². The summed E-state index contributed by atoms with van der Waals surface area (Å²) in [6, 6.07) is 19.7. The molecule has 0 unspecified atom stereocenters. The molecule has 0 aliphatic heterocycles. The molecule has 1 aliphatic rings. The summed E-state index contributed by atoms with van der Waals surface area (Å²) < 4.78 is 0. The zero-order valence-corrected chi connectivity index (χ0v) is 23.3. The minimum atomic E-state index is -1.18. The second-order valence-corrected chi connectivity index (χ2v) is 10.4. The summed E-state index contributed by atoms with van der Waals surface area (Å²) in [7, 11) is 3.51. The van der Waals surface area contributed by atoms with Gasteiger partial charge in [-0.25, -0.2) is 4.79 Å². The number of nitrogens with one attached hydrogen (secondary N) is 3. The van der Waals surface area contributed by atoms with Crippen molar-refractivity contribution in [3.63, 3.8) is 0 Å². The van der Waals surface area contributed by atoms with E-state index in [4.69, 9.17) is 28.6 Å². The van der Waals surface area contributed by atoms with Gasteiger partial charge < -0.3 is 20.6 Å². The number of carbonyl (C=O) groups excluding carboxylic acids is 1. The van der Waals surface area contributed by atoms with Crippen LogP contribution in [0.2, 0.25) is 10.0 Å². The van der Waals surface area contributed by atoms with Crippen LogP contribution in [0.1, 0.15) is 29.9 Å². The normalized spacial score (nSPS) is 12.7. The van der Waals surface area contributed by atoms with Crippen LogP contribution in [0, 0.1) is 5.41 Å². The van der Waals surface area contributed by atoms with E-state index in [0.717, 1.165) is 22.3 Å². The fourth-order valence-corrected chi connectivity index (χ4v) is 5.18. The lowest BCUT2D eigenvalue weighted by molar-refractivity contribution is -0.121. The zero-order chi connectivity index (χ0) is 28.1. The predicted molar refractivity (Wildman–Crippen MR) is 156 cm³/mol. The first kappa shape index (κ1) is 28.3. The first-order chi connectivity index (χ1) is 18.7. The molecule has 3 aromatic rings. The number of nitrogens with zero attached hydrogens (tertiary/aromatic N) is 2. The minimum Gasteiger partial charge on any atom is -0.465 e. The molecule has 2 amide bonds. The highest BCUT2D eigenvalue weighted by molar-refractivity contribution is 6.42. The van der Waals surface area contributed by atoms with E-state index in [-0.39, 0.29) is 29.9 Å². The molecule has 0 bridgehead atoms. The molecule has 1 aliphatic carbocycles. The van der Waals surface area contributed by atoms with Gasteiger partial charge in [0, 0.05) is 38.8 Å². The number of fused-ring (bicyclic) bond motifs is 3. The SMILES string of the molecule is CN(C)C(=N)NCCC[C@@H](C(=O)Nc1ccc(Cl)c(Cl)c1)N(CC1c2ccccc2-c2ccccc21)C(=O)O. The van der Waals surface area contributed by atoms with Gasteiger partial charge in [0.1, 0.15) is 6.04 Å². The van der Waals surface area contributed by atoms with Crippen molar-refractivity contribution in [2.45, 2.75) is 24.8 Å². The molecule has 0 saturated heterocycles. The lowest BCUT2D eigenvalue weighted by Gasteiger charge is -2.31. The fraction of sp³-hybridized carbons (Fsp3) is 0.276. The predicted octanol–water partition coefficient (Wildman–Crippen LogP) is 5.96. The Labute approximate surface area is 238 Å². The van der Waals surface area contributed by atoms with E-state index in [0.29, 0.717) is 23.7 Å². The highest BCUT2D eigenvalue weighted by Gasteiger charge is 2.36. The highest BCUT2D eigenvalue weighted by Crippen LogP contribution is 2.45. The number of hydrogen-bond donors (Lipinski definition) is 4. The minimum absolute atomic E-state index is 0.115. The van der Waals surface area contributed by atoms with Crippen LogP contribution in [0.5, 0.6) is 0 Å². The summed E-state index contributed by atoms with van der Waals surface area (Å²) >= 11 is 12.2. The van der Waals surface area contributed by atoms with E-state index >= 15 is 0 Å². The fourth-order valence-electron chi connectivity index (χ4n) is 4.88. The van der Waals surface area contributed by atoms with Gasteiger partial charge in [0.2, 0.25) is 5.91 Å². The van der Waals surface area contributed by atoms with Crippen molar-refractivity contribution in [1.29, 1.82) is 5.41 Å². The number of hydrogen-bond acceptors (Lipinski definition) is 3. The molecule has 4 rings (SSSR count). The van der Waals surface area contributed by atoms with Gasteiger partial charge >= 0.3 is 6.09 Å². The molecule has 0 radical (unpaired) electrons. The molecular formula is C29H31Cl2N5O3. The van der Waals surface area contributed by atoms with E-state index in [1.54, 1.807) is 31.1 Å². The number of carboxylic acid groups (broad SMARTS) is 1. The van der Waals surface area contributed by atoms with Crippen LogP contribution in [-0.4, -0.2) is 66.1 Å². The van der Waals surface area contributed by atoms with Crippen LogP contribution in [-0.2, 0) is 4.79 Å². The van der Waals surface area contributed by atoms with Crippen LogP contribution in [0.25, 0.3) is 11.1 Å². The van der Waals surface area contributed by atoms with Crippen molar-refractivity contribution in [2.75, 3.05) is 32.5 Å². The summed E-state index contributed by atoms with van der Waals surface area (Å²) in [6.07, 6.45) is -0.458. The molecule has 0 heterocycles. The molecule has 1 atom stereocenters. The second kappa shape index (κ2) is 12.4. The van der Waals surface area contributed by atoms with Gasteiger partial charge in [-0.1, -0.05) is 71.7 Å². The first-order valence-corrected chi connectivity index (χ1v) is 13.4. The Hall–Kier alpha value is -3.75. The van der Waals surface area contributed by atoms with Gasteiger partial charge in [0.15, 0.2) is 5.96 Å². The Morgan fingerprint density at radius 1 is 0.974 bits per heavy atom. The number of carbonyl (C=O) groups is 2. The largest absolute Gasteiger partial charge is 0.465 e. The van der Waals surface area contributed by atoms with Crippen molar-refractivity contribution >= 4 is 46.8 Å². The van der Waals surface area contributed by atoms with Crippen LogP contribution >= 0.6 is 23.2 Å². The van der Waals surface area contributed by atoms with Gasteiger partial charge in [-0.05, 0) is 53.3 Å². The molecule has 4 N–H and O–H groups in total. The van der Waals surface area contributed by atoms with E-state index in [1.165, 1.54) is 11.0 Å². The highest BCUT2D eigenvalue weighted by atomic mass is 35.5. The number of benzene rings is 3. The molecule has 0 spiro atoms. The molecule has 0 fully saturated rings. The van der Waals surface area contributed by atoms with Gasteiger partial charge in [-0.15, -0.1) is 0 Å². The monoisotopic (exact) mass is 567 g/mol. The Balaban J connectivity index is 1.61. The molecule has 0 aromatic heterocycles. The maximum Gasteiger partial charge on any atom is 0.408 e. The molecule has 8 nitrogen and oxygen atoms in total. The van der Waals surface area contributed by atoms with Gasteiger partial charge in [-0.2, -0.15) is 0 Å². The second-order valence-electron chi connectivity index (χ2n) is 9.61. The Bertz CT molecular complexity index is 1340.